The summed E-state index contributed by atoms with van der Waals surface area (Å²) in [5.74, 6) is -0.209. The molecule has 88 heavy (non-hydrogen) atoms. The van der Waals surface area contributed by atoms with E-state index in [1.165, 1.54) is 154 Å². The number of allylic oxidation sites excluding steroid dienone is 24. The van der Waals surface area contributed by atoms with E-state index in [0.717, 1.165) is 109 Å². The number of unbranched alkanes of at least 4 members (excludes halogenated alkanes) is 28. The lowest BCUT2D eigenvalue weighted by molar-refractivity contribution is -0.870. The molecule has 3 atom stereocenters. The summed E-state index contributed by atoms with van der Waals surface area (Å²) in [6, 6.07) is -0.837. The molecule has 504 valence electrons. The zero-order valence-corrected chi connectivity index (χ0v) is 58.5. The Balaban J connectivity index is 4.19. The van der Waals surface area contributed by atoms with Crippen LogP contribution in [0, 0.1) is 0 Å². The Labute approximate surface area is 544 Å². The summed E-state index contributed by atoms with van der Waals surface area (Å²) in [6.07, 6.45) is 104. The molecule has 0 rings (SSSR count). The largest absolute Gasteiger partial charge is 0.756 e. The number of aliphatic hydroxyl groups is 1. The van der Waals surface area contributed by atoms with Gasteiger partial charge >= 0.3 is 0 Å². The zero-order chi connectivity index (χ0) is 64.1. The van der Waals surface area contributed by atoms with Crippen molar-refractivity contribution >= 4 is 13.7 Å². The number of rotatable bonds is 65. The predicted octanol–water partition coefficient (Wildman–Crippen LogP) is 22.9. The Morgan fingerprint density at radius 1 is 0.409 bits per heavy atom. The van der Waals surface area contributed by atoms with Gasteiger partial charge in [0.25, 0.3) is 7.82 Å². The van der Waals surface area contributed by atoms with Crippen molar-refractivity contribution in [1.82, 2.24) is 5.32 Å². The first-order chi connectivity index (χ1) is 43.0. The van der Waals surface area contributed by atoms with Crippen molar-refractivity contribution in [2.45, 2.75) is 309 Å². The fourth-order valence-corrected chi connectivity index (χ4v) is 10.7. The molecular formula is C79H137N2O6P. The number of hydrogen-bond acceptors (Lipinski definition) is 6. The van der Waals surface area contributed by atoms with Gasteiger partial charge in [0.1, 0.15) is 13.2 Å². The summed E-state index contributed by atoms with van der Waals surface area (Å²) < 4.78 is 23.5. The Kier molecular flexibility index (Phi) is 65.0. The number of carbonyl (C=O) groups excluding carboxylic acids is 1. The summed E-state index contributed by atoms with van der Waals surface area (Å²) in [6.45, 7) is 4.59. The average Bonchev–Trinajstić information content (AvgIpc) is 3.70. The van der Waals surface area contributed by atoms with Crippen molar-refractivity contribution in [3.05, 3.63) is 146 Å². The maximum Gasteiger partial charge on any atom is 0.268 e. The molecule has 9 heteroatoms. The van der Waals surface area contributed by atoms with E-state index in [2.05, 4.69) is 165 Å². The van der Waals surface area contributed by atoms with Crippen molar-refractivity contribution in [1.29, 1.82) is 0 Å². The smallest absolute Gasteiger partial charge is 0.268 e. The van der Waals surface area contributed by atoms with Crippen LogP contribution < -0.4 is 10.2 Å². The minimum atomic E-state index is -4.60. The first kappa shape index (κ1) is 84.4. The third kappa shape index (κ3) is 69.8. The highest BCUT2D eigenvalue weighted by Gasteiger charge is 2.24. The van der Waals surface area contributed by atoms with Crippen LogP contribution in [0.4, 0.5) is 0 Å². The number of nitrogens with one attached hydrogen (secondary N) is 1. The van der Waals surface area contributed by atoms with Gasteiger partial charge in [-0.25, -0.2) is 0 Å². The van der Waals surface area contributed by atoms with E-state index in [4.69, 9.17) is 9.05 Å². The van der Waals surface area contributed by atoms with Crippen molar-refractivity contribution in [2.24, 2.45) is 0 Å². The number of hydrogen-bond donors (Lipinski definition) is 2. The van der Waals surface area contributed by atoms with Gasteiger partial charge in [-0.1, -0.05) is 333 Å². The number of amides is 1. The van der Waals surface area contributed by atoms with Crippen LogP contribution in [0.1, 0.15) is 296 Å². The molecular weight excluding hydrogens is 1100 g/mol. The van der Waals surface area contributed by atoms with E-state index in [0.29, 0.717) is 30.3 Å². The van der Waals surface area contributed by atoms with E-state index in [-0.39, 0.29) is 19.1 Å². The maximum absolute atomic E-state index is 13.0. The average molecular weight is 1240 g/mol. The second-order valence-corrected chi connectivity index (χ2v) is 26.6. The summed E-state index contributed by atoms with van der Waals surface area (Å²) in [7, 11) is 1.26. The highest BCUT2D eigenvalue weighted by molar-refractivity contribution is 7.45. The molecule has 0 saturated heterocycles. The molecule has 0 radical (unpaired) electrons. The Morgan fingerprint density at radius 3 is 0.989 bits per heavy atom. The van der Waals surface area contributed by atoms with Crippen molar-refractivity contribution < 1.29 is 32.9 Å². The fourth-order valence-electron chi connectivity index (χ4n) is 10.0. The van der Waals surface area contributed by atoms with Gasteiger partial charge in [-0.05, 0) is 103 Å². The molecule has 0 heterocycles. The fraction of sp³-hybridized carbons (Fsp3) is 0.684. The number of aliphatic hydroxyl groups excluding tert-OH is 1. The molecule has 0 aromatic heterocycles. The van der Waals surface area contributed by atoms with Gasteiger partial charge < -0.3 is 28.8 Å². The molecule has 8 nitrogen and oxygen atoms in total. The molecule has 0 aliphatic heterocycles. The quantitative estimate of drug-likeness (QED) is 0.0272. The number of phosphoric ester groups is 1. The molecule has 3 unspecified atom stereocenters. The van der Waals surface area contributed by atoms with Gasteiger partial charge in [-0.3, -0.25) is 9.36 Å². The third-order valence-corrected chi connectivity index (χ3v) is 16.6. The highest BCUT2D eigenvalue weighted by atomic mass is 31.2. The number of likely N-dealkylation sites (N-methyl/N-ethyl adjacent to an activating group) is 1. The van der Waals surface area contributed by atoms with Gasteiger partial charge in [-0.2, -0.15) is 0 Å². The highest BCUT2D eigenvalue weighted by Crippen LogP contribution is 2.38. The summed E-state index contributed by atoms with van der Waals surface area (Å²) in [5.41, 5.74) is 0. The van der Waals surface area contributed by atoms with Crippen LogP contribution in [0.25, 0.3) is 0 Å². The van der Waals surface area contributed by atoms with Crippen LogP contribution in [-0.2, 0) is 18.4 Å². The number of phosphoric acid groups is 1. The number of quaternary nitrogens is 1. The van der Waals surface area contributed by atoms with Crippen molar-refractivity contribution in [2.75, 3.05) is 40.9 Å². The Bertz CT molecular complexity index is 1950. The lowest BCUT2D eigenvalue weighted by Crippen LogP contribution is -2.46. The molecule has 0 saturated carbocycles. The molecule has 0 aromatic carbocycles. The monoisotopic (exact) mass is 1240 g/mol. The molecule has 2 N–H and O–H groups in total. The Hall–Kier alpha value is -3.62. The standard InChI is InChI=1S/C79H137N2O6P/c1-6-8-10-12-14-16-18-20-22-24-26-28-30-32-34-35-36-37-38-39-40-41-42-43-44-45-47-49-51-53-55-57-59-61-63-65-67-69-71-73-79(83)80-77(76-87-88(84,85)86-75-74-81(3,4)5)78(82)72-70-68-66-64-62-60-58-56-54-52-50-48-46-33-31-29-27-25-23-21-19-17-15-13-11-9-7-2/h8,10,14,16,20,22,26,28,32,34,36-37,39-40,42-43,45,47,51,53,57,59,63,65,77-78,82H,6-7,9,11-13,15,17-19,21,23-25,27,29-31,33,35,38,41,44,46,48-50,52,54-56,58,60-62,64,66-76H2,1-5H3,(H-,80,83,84,85)/b10-8-,16-14-,22-20-,28-26-,34-32-,37-36-,40-39-,43-42-,47-45-,53-51-,59-57-,65-63-. The van der Waals surface area contributed by atoms with Gasteiger partial charge in [0, 0.05) is 6.42 Å². The first-order valence-electron chi connectivity index (χ1n) is 36.2. The second-order valence-electron chi connectivity index (χ2n) is 25.2. The van der Waals surface area contributed by atoms with E-state index < -0.39 is 20.0 Å². The predicted molar refractivity (Wildman–Crippen MR) is 385 cm³/mol. The third-order valence-electron chi connectivity index (χ3n) is 15.6. The van der Waals surface area contributed by atoms with Gasteiger partial charge in [-0.15, -0.1) is 0 Å². The molecule has 1 amide bonds. The zero-order valence-electron chi connectivity index (χ0n) is 57.6. The van der Waals surface area contributed by atoms with Crippen LogP contribution in [0.2, 0.25) is 0 Å². The SMILES string of the molecule is CC/C=C\C/C=C\C/C=C\C/C=C\C/C=C\C/C=C\C/C=C\C/C=C\C/C=C\C/C=C\C/C=C\C/C=C\CCCCC(=O)NC(COP(=O)([O-])OCC[N+](C)(C)C)C(O)CCCCCCCCCCCCCCCCCCCCCCCCCCCCC. The van der Waals surface area contributed by atoms with Crippen molar-refractivity contribution in [3.63, 3.8) is 0 Å². The lowest BCUT2D eigenvalue weighted by atomic mass is 10.0. The van der Waals surface area contributed by atoms with E-state index >= 15 is 0 Å². The van der Waals surface area contributed by atoms with Crippen LogP contribution in [0.15, 0.2) is 146 Å². The number of nitrogens with zero attached hydrogens (tertiary/aromatic N) is 1. The maximum atomic E-state index is 13.0. The lowest BCUT2D eigenvalue weighted by Gasteiger charge is -2.30. The normalized spacial score (nSPS) is 14.5. The molecule has 0 aliphatic rings. The molecule has 0 aliphatic carbocycles. The Morgan fingerprint density at radius 2 is 0.693 bits per heavy atom. The van der Waals surface area contributed by atoms with Crippen LogP contribution >= 0.6 is 7.82 Å². The topological polar surface area (TPSA) is 108 Å². The minimum Gasteiger partial charge on any atom is -0.756 e. The van der Waals surface area contributed by atoms with E-state index in [9.17, 15) is 19.4 Å². The summed E-state index contributed by atoms with van der Waals surface area (Å²) in [5, 5.41) is 14.1. The van der Waals surface area contributed by atoms with Gasteiger partial charge in [0.05, 0.1) is 39.9 Å². The van der Waals surface area contributed by atoms with Crippen LogP contribution in [0.5, 0.6) is 0 Å². The summed E-state index contributed by atoms with van der Waals surface area (Å²) in [4.78, 5) is 25.7. The first-order valence-corrected chi connectivity index (χ1v) is 37.6. The number of carbonyl (C=O) groups is 1. The minimum absolute atomic E-state index is 0.00362. The molecule has 0 aromatic rings. The van der Waals surface area contributed by atoms with Crippen molar-refractivity contribution in [3.8, 4) is 0 Å². The van der Waals surface area contributed by atoms with E-state index in [1.54, 1.807) is 0 Å². The van der Waals surface area contributed by atoms with Gasteiger partial charge in [0.15, 0.2) is 0 Å². The van der Waals surface area contributed by atoms with Crippen LogP contribution in [-0.4, -0.2) is 68.5 Å². The van der Waals surface area contributed by atoms with E-state index in [1.807, 2.05) is 21.1 Å². The molecule has 0 spiro atoms. The summed E-state index contributed by atoms with van der Waals surface area (Å²) >= 11 is 0. The molecule has 0 fully saturated rings. The molecule has 0 bridgehead atoms. The van der Waals surface area contributed by atoms with Gasteiger partial charge in [0.2, 0.25) is 5.91 Å². The second kappa shape index (κ2) is 67.8. The van der Waals surface area contributed by atoms with Crippen LogP contribution in [0.3, 0.4) is 0 Å².